The van der Waals surface area contributed by atoms with Crippen molar-refractivity contribution in [2.24, 2.45) is 5.92 Å². The van der Waals surface area contributed by atoms with E-state index in [1.54, 1.807) is 0 Å². The molecule has 2 atom stereocenters. The molecule has 0 radical (unpaired) electrons. The van der Waals surface area contributed by atoms with E-state index in [1.807, 2.05) is 23.1 Å². The van der Waals surface area contributed by atoms with E-state index in [2.05, 4.69) is 20.4 Å². The number of H-pyrrole nitrogens is 1. The number of nitrogens with one attached hydrogen (secondary N) is 2. The first kappa shape index (κ1) is 15.6. The smallest absolute Gasteiger partial charge is 0.275 e. The zero-order chi connectivity index (χ0) is 18.2. The molecule has 4 fully saturated rings. The van der Waals surface area contributed by atoms with Gasteiger partial charge in [0.25, 0.3) is 5.91 Å². The maximum Gasteiger partial charge on any atom is 0.275 e. The Balaban J connectivity index is 1.30. The second-order valence-corrected chi connectivity index (χ2v) is 8.49. The molecular formula is C20H23N5O2. The van der Waals surface area contributed by atoms with Crippen molar-refractivity contribution in [2.45, 2.75) is 43.7 Å². The quantitative estimate of drug-likeness (QED) is 0.871. The number of aromatic amines is 1. The molecule has 2 aliphatic carbocycles. The van der Waals surface area contributed by atoms with E-state index in [4.69, 9.17) is 0 Å². The summed E-state index contributed by atoms with van der Waals surface area (Å²) >= 11 is 0. The topological polar surface area (TPSA) is 81.3 Å². The highest BCUT2D eigenvalue weighted by Crippen LogP contribution is 2.51. The molecular weight excluding hydrogens is 342 g/mol. The number of anilines is 1. The summed E-state index contributed by atoms with van der Waals surface area (Å²) in [6.45, 7) is 2.92. The fourth-order valence-corrected chi connectivity index (χ4v) is 5.21. The molecule has 27 heavy (non-hydrogen) atoms. The van der Waals surface area contributed by atoms with Crippen molar-refractivity contribution in [1.82, 2.24) is 20.0 Å². The molecule has 4 aliphatic rings. The molecule has 2 unspecified atom stereocenters. The Labute approximate surface area is 157 Å². The molecule has 2 N–H and O–H groups in total. The van der Waals surface area contributed by atoms with E-state index < -0.39 is 0 Å². The van der Waals surface area contributed by atoms with Crippen molar-refractivity contribution in [2.75, 3.05) is 25.0 Å². The van der Waals surface area contributed by atoms with Gasteiger partial charge in [0.15, 0.2) is 5.69 Å². The number of carbonyl (C=O) groups excluding carboxylic acids is 2. The molecule has 7 heteroatoms. The first-order chi connectivity index (χ1) is 13.2. The summed E-state index contributed by atoms with van der Waals surface area (Å²) in [5, 5.41) is 11.1. The first-order valence-electron chi connectivity index (χ1n) is 10.0. The van der Waals surface area contributed by atoms with E-state index in [0.717, 1.165) is 48.9 Å². The number of carbonyl (C=O) groups is 2. The highest BCUT2D eigenvalue weighted by atomic mass is 16.2. The number of benzene rings is 1. The van der Waals surface area contributed by atoms with Gasteiger partial charge in [-0.2, -0.15) is 5.10 Å². The average molecular weight is 365 g/mol. The molecule has 140 valence electrons. The van der Waals surface area contributed by atoms with Gasteiger partial charge in [0.1, 0.15) is 0 Å². The number of piperazine rings is 1. The summed E-state index contributed by atoms with van der Waals surface area (Å²) in [6, 6.07) is 5.96. The summed E-state index contributed by atoms with van der Waals surface area (Å²) in [6.07, 6.45) is 5.45. The van der Waals surface area contributed by atoms with Crippen LogP contribution < -0.4 is 5.32 Å². The van der Waals surface area contributed by atoms with E-state index in [-0.39, 0.29) is 23.3 Å². The number of hydrogen-bond acceptors (Lipinski definition) is 4. The van der Waals surface area contributed by atoms with Gasteiger partial charge in [0, 0.05) is 42.2 Å². The van der Waals surface area contributed by atoms with Crippen LogP contribution in [0.4, 0.5) is 5.69 Å². The molecule has 3 heterocycles. The van der Waals surface area contributed by atoms with E-state index >= 15 is 0 Å². The highest BCUT2D eigenvalue weighted by molar-refractivity contribution is 6.06. The number of aromatic nitrogens is 2. The summed E-state index contributed by atoms with van der Waals surface area (Å²) in [5.74, 6) is 0.241. The van der Waals surface area contributed by atoms with Crippen LogP contribution >= 0.6 is 0 Å². The Kier molecular flexibility index (Phi) is 3.08. The van der Waals surface area contributed by atoms with Crippen LogP contribution in [0.25, 0.3) is 10.9 Å². The largest absolute Gasteiger partial charge is 0.331 e. The SMILES string of the molecule is O=C(Nc1ccc2[nH]nc(C(=O)N3CCN4CCC45CCC35)c2c1)C1CC1. The molecule has 1 aromatic heterocycles. The van der Waals surface area contributed by atoms with Crippen LogP contribution in [0.15, 0.2) is 18.2 Å². The third-order valence-corrected chi connectivity index (χ3v) is 7.14. The standard InChI is InChI=1S/C20H23N5O2/c26-18(12-1-2-12)21-13-3-4-15-14(11-13)17(23-22-15)19(27)25-10-9-24-8-7-20(24)6-5-16(20)25/h3-4,11-12,16H,1-2,5-10H2,(H,21,26)(H,22,23). The van der Waals surface area contributed by atoms with Crippen molar-refractivity contribution in [3.05, 3.63) is 23.9 Å². The average Bonchev–Trinajstić information content (AvgIpc) is 3.38. The maximum atomic E-state index is 13.3. The van der Waals surface area contributed by atoms with E-state index in [1.165, 1.54) is 19.4 Å². The number of fused-ring (bicyclic) bond motifs is 1. The number of nitrogens with zero attached hydrogens (tertiary/aromatic N) is 3. The Morgan fingerprint density at radius 1 is 1.15 bits per heavy atom. The summed E-state index contributed by atoms with van der Waals surface area (Å²) in [7, 11) is 0. The lowest BCUT2D eigenvalue weighted by Crippen LogP contribution is -2.79. The molecule has 0 bridgehead atoms. The lowest BCUT2D eigenvalue weighted by Gasteiger charge is -2.68. The Morgan fingerprint density at radius 2 is 2.04 bits per heavy atom. The first-order valence-corrected chi connectivity index (χ1v) is 10.0. The van der Waals surface area contributed by atoms with Gasteiger partial charge in [-0.05, 0) is 50.3 Å². The van der Waals surface area contributed by atoms with Gasteiger partial charge < -0.3 is 10.2 Å². The van der Waals surface area contributed by atoms with Crippen molar-refractivity contribution in [3.8, 4) is 0 Å². The van der Waals surface area contributed by atoms with Crippen LogP contribution in [-0.4, -0.2) is 63.0 Å². The van der Waals surface area contributed by atoms with Crippen molar-refractivity contribution >= 4 is 28.4 Å². The minimum Gasteiger partial charge on any atom is -0.331 e. The molecule has 2 saturated carbocycles. The predicted molar refractivity (Wildman–Crippen MR) is 100 cm³/mol. The fourth-order valence-electron chi connectivity index (χ4n) is 5.21. The maximum absolute atomic E-state index is 13.3. The second-order valence-electron chi connectivity index (χ2n) is 8.49. The summed E-state index contributed by atoms with van der Waals surface area (Å²) in [4.78, 5) is 30.0. The Hall–Kier alpha value is -2.41. The second kappa shape index (κ2) is 5.32. The van der Waals surface area contributed by atoms with Gasteiger partial charge in [0.05, 0.1) is 11.6 Å². The van der Waals surface area contributed by atoms with Crippen LogP contribution in [0.1, 0.15) is 42.6 Å². The van der Waals surface area contributed by atoms with Gasteiger partial charge in [-0.3, -0.25) is 19.6 Å². The molecule has 2 aromatic rings. The molecule has 2 saturated heterocycles. The fraction of sp³-hybridized carbons (Fsp3) is 0.550. The molecule has 7 nitrogen and oxygen atoms in total. The lowest BCUT2D eigenvalue weighted by molar-refractivity contribution is -0.161. The van der Waals surface area contributed by atoms with Crippen LogP contribution in [0.2, 0.25) is 0 Å². The van der Waals surface area contributed by atoms with Gasteiger partial charge in [0.2, 0.25) is 5.91 Å². The van der Waals surface area contributed by atoms with E-state index in [9.17, 15) is 9.59 Å². The minimum absolute atomic E-state index is 0.0162. The van der Waals surface area contributed by atoms with Crippen molar-refractivity contribution < 1.29 is 9.59 Å². The molecule has 6 rings (SSSR count). The van der Waals surface area contributed by atoms with Crippen LogP contribution in [0, 0.1) is 5.92 Å². The van der Waals surface area contributed by atoms with Gasteiger partial charge in [-0.15, -0.1) is 0 Å². The zero-order valence-electron chi connectivity index (χ0n) is 15.2. The monoisotopic (exact) mass is 365 g/mol. The lowest BCUT2D eigenvalue weighted by atomic mass is 9.61. The third-order valence-electron chi connectivity index (χ3n) is 7.14. The number of hydrogen-bond donors (Lipinski definition) is 2. The van der Waals surface area contributed by atoms with Crippen molar-refractivity contribution in [1.29, 1.82) is 0 Å². The zero-order valence-corrected chi connectivity index (χ0v) is 15.2. The Bertz CT molecular complexity index is 960. The predicted octanol–water partition coefficient (Wildman–Crippen LogP) is 1.97. The summed E-state index contributed by atoms with van der Waals surface area (Å²) < 4.78 is 0. The molecule has 1 spiro atoms. The molecule has 2 aliphatic heterocycles. The normalized spacial score (nSPS) is 29.5. The number of amides is 2. The van der Waals surface area contributed by atoms with Crippen LogP contribution in [0.3, 0.4) is 0 Å². The molecule has 2 amide bonds. The van der Waals surface area contributed by atoms with Gasteiger partial charge in [-0.25, -0.2) is 0 Å². The van der Waals surface area contributed by atoms with Crippen molar-refractivity contribution in [3.63, 3.8) is 0 Å². The molecule has 1 aromatic carbocycles. The number of rotatable bonds is 3. The minimum atomic E-state index is 0.0162. The highest BCUT2D eigenvalue weighted by Gasteiger charge is 2.61. The van der Waals surface area contributed by atoms with Gasteiger partial charge >= 0.3 is 0 Å². The van der Waals surface area contributed by atoms with Gasteiger partial charge in [-0.1, -0.05) is 0 Å². The van der Waals surface area contributed by atoms with Crippen LogP contribution in [-0.2, 0) is 4.79 Å². The summed E-state index contributed by atoms with van der Waals surface area (Å²) in [5.41, 5.74) is 2.29. The van der Waals surface area contributed by atoms with E-state index in [0.29, 0.717) is 11.7 Å². The Morgan fingerprint density at radius 3 is 2.74 bits per heavy atom. The van der Waals surface area contributed by atoms with Crippen LogP contribution in [0.5, 0.6) is 0 Å². The third kappa shape index (κ3) is 2.15.